The first kappa shape index (κ1) is 23.0. The average molecular weight is 473 g/mol. The lowest BCUT2D eigenvalue weighted by Gasteiger charge is -2.36. The van der Waals surface area contributed by atoms with Gasteiger partial charge in [0.05, 0.1) is 23.2 Å². The first-order chi connectivity index (χ1) is 17.0. The summed E-state index contributed by atoms with van der Waals surface area (Å²) in [6, 6.07) is 16.1. The summed E-state index contributed by atoms with van der Waals surface area (Å²) in [7, 11) is 0. The number of rotatable bonds is 6. The lowest BCUT2D eigenvalue weighted by molar-refractivity contribution is -0.130. The van der Waals surface area contributed by atoms with Gasteiger partial charge in [-0.3, -0.25) is 4.79 Å². The van der Waals surface area contributed by atoms with Crippen molar-refractivity contribution in [1.82, 2.24) is 24.6 Å². The number of aromatic nitrogens is 4. The molecule has 8 heteroatoms. The molecule has 4 aromatic rings. The van der Waals surface area contributed by atoms with Crippen LogP contribution in [0.15, 0.2) is 54.6 Å². The number of hydrogen-bond donors (Lipinski definition) is 0. The van der Waals surface area contributed by atoms with E-state index < -0.39 is 0 Å². The van der Waals surface area contributed by atoms with Crippen molar-refractivity contribution >= 4 is 22.8 Å². The molecule has 2 aromatic heterocycles. The summed E-state index contributed by atoms with van der Waals surface area (Å²) in [5.74, 6) is 1.49. The molecule has 1 amide bonds. The Kier molecular flexibility index (Phi) is 6.44. The van der Waals surface area contributed by atoms with Crippen LogP contribution in [0.1, 0.15) is 30.4 Å². The standard InChI is InChI=1S/C27H29FN6O/c1-3-7-23-29-26(25-19(2)31-34(27(25)30-23)22-12-10-21(28)11-13-22)33-16-14-32(15-17-33)24(35)18-20-8-5-4-6-9-20/h4-6,8-13H,3,7,14-18H2,1-2H3. The molecule has 1 fully saturated rings. The lowest BCUT2D eigenvalue weighted by Crippen LogP contribution is -2.49. The van der Waals surface area contributed by atoms with Gasteiger partial charge in [0.25, 0.3) is 0 Å². The Morgan fingerprint density at radius 3 is 2.37 bits per heavy atom. The number of piperazine rings is 1. The summed E-state index contributed by atoms with van der Waals surface area (Å²) in [5.41, 5.74) is 3.34. The number of carbonyl (C=O) groups excluding carboxylic acids is 1. The minimum Gasteiger partial charge on any atom is -0.352 e. The molecule has 1 aliphatic rings. The van der Waals surface area contributed by atoms with E-state index in [-0.39, 0.29) is 11.7 Å². The topological polar surface area (TPSA) is 67.2 Å². The molecule has 1 saturated heterocycles. The van der Waals surface area contributed by atoms with Gasteiger partial charge in [0, 0.05) is 32.6 Å². The molecule has 7 nitrogen and oxygen atoms in total. The summed E-state index contributed by atoms with van der Waals surface area (Å²) in [6.07, 6.45) is 2.10. The van der Waals surface area contributed by atoms with E-state index in [2.05, 4.69) is 11.8 Å². The molecular formula is C27H29FN6O. The van der Waals surface area contributed by atoms with Crippen LogP contribution in [0.2, 0.25) is 0 Å². The number of halogens is 1. The number of nitrogens with zero attached hydrogens (tertiary/aromatic N) is 6. The predicted molar refractivity (Wildman–Crippen MR) is 134 cm³/mol. The molecule has 5 rings (SSSR count). The van der Waals surface area contributed by atoms with Gasteiger partial charge in [-0.2, -0.15) is 5.10 Å². The van der Waals surface area contributed by atoms with E-state index >= 15 is 0 Å². The summed E-state index contributed by atoms with van der Waals surface area (Å²) in [6.45, 7) is 6.73. The van der Waals surface area contributed by atoms with Crippen molar-refractivity contribution in [1.29, 1.82) is 0 Å². The van der Waals surface area contributed by atoms with Crippen LogP contribution in [0.4, 0.5) is 10.2 Å². The zero-order chi connectivity index (χ0) is 24.4. The van der Waals surface area contributed by atoms with Crippen LogP contribution in [-0.4, -0.2) is 56.7 Å². The number of hydrogen-bond acceptors (Lipinski definition) is 5. The molecule has 0 aliphatic carbocycles. The largest absolute Gasteiger partial charge is 0.352 e. The molecule has 1 aliphatic heterocycles. The second kappa shape index (κ2) is 9.82. The number of amides is 1. The van der Waals surface area contributed by atoms with Crippen molar-refractivity contribution in [2.75, 3.05) is 31.1 Å². The van der Waals surface area contributed by atoms with Crippen molar-refractivity contribution in [3.05, 3.63) is 77.5 Å². The Morgan fingerprint density at radius 2 is 1.69 bits per heavy atom. The number of benzene rings is 2. The van der Waals surface area contributed by atoms with E-state index in [0.29, 0.717) is 32.6 Å². The van der Waals surface area contributed by atoms with Gasteiger partial charge in [0.2, 0.25) is 5.91 Å². The number of aryl methyl sites for hydroxylation is 2. The van der Waals surface area contributed by atoms with Crippen molar-refractivity contribution in [3.63, 3.8) is 0 Å². The Balaban J connectivity index is 1.43. The Labute approximate surface area is 204 Å². The molecule has 0 N–H and O–H groups in total. The number of carbonyl (C=O) groups is 1. The monoisotopic (exact) mass is 472 g/mol. The highest BCUT2D eigenvalue weighted by Crippen LogP contribution is 2.30. The molecule has 2 aromatic carbocycles. The highest BCUT2D eigenvalue weighted by Gasteiger charge is 2.26. The van der Waals surface area contributed by atoms with Crippen LogP contribution in [-0.2, 0) is 17.6 Å². The fourth-order valence-electron chi connectivity index (χ4n) is 4.58. The molecule has 0 saturated carbocycles. The van der Waals surface area contributed by atoms with Gasteiger partial charge in [0.1, 0.15) is 17.5 Å². The third kappa shape index (κ3) is 4.73. The third-order valence-electron chi connectivity index (χ3n) is 6.40. The molecule has 0 radical (unpaired) electrons. The van der Waals surface area contributed by atoms with Crippen LogP contribution < -0.4 is 4.90 Å². The van der Waals surface area contributed by atoms with E-state index in [1.807, 2.05) is 42.2 Å². The number of anilines is 1. The first-order valence-corrected chi connectivity index (χ1v) is 12.1. The van der Waals surface area contributed by atoms with Crippen LogP contribution in [0, 0.1) is 12.7 Å². The van der Waals surface area contributed by atoms with Gasteiger partial charge < -0.3 is 9.80 Å². The van der Waals surface area contributed by atoms with E-state index in [1.165, 1.54) is 12.1 Å². The summed E-state index contributed by atoms with van der Waals surface area (Å²) in [5, 5.41) is 5.64. The second-order valence-corrected chi connectivity index (χ2v) is 8.92. The maximum atomic E-state index is 13.5. The fourth-order valence-corrected chi connectivity index (χ4v) is 4.58. The van der Waals surface area contributed by atoms with Gasteiger partial charge in [-0.15, -0.1) is 0 Å². The maximum Gasteiger partial charge on any atom is 0.227 e. The molecule has 180 valence electrons. The quantitative estimate of drug-likeness (QED) is 0.423. The van der Waals surface area contributed by atoms with Gasteiger partial charge >= 0.3 is 0 Å². The van der Waals surface area contributed by atoms with Crippen molar-refractivity contribution < 1.29 is 9.18 Å². The average Bonchev–Trinajstić information content (AvgIpc) is 3.21. The van der Waals surface area contributed by atoms with Crippen molar-refractivity contribution in [2.45, 2.75) is 33.1 Å². The molecule has 0 spiro atoms. The maximum absolute atomic E-state index is 13.5. The molecule has 0 bridgehead atoms. The minimum absolute atomic E-state index is 0.149. The van der Waals surface area contributed by atoms with E-state index in [0.717, 1.165) is 52.5 Å². The summed E-state index contributed by atoms with van der Waals surface area (Å²) < 4.78 is 15.3. The van der Waals surface area contributed by atoms with E-state index in [4.69, 9.17) is 15.1 Å². The normalized spacial score (nSPS) is 14.0. The van der Waals surface area contributed by atoms with Gasteiger partial charge in [-0.25, -0.2) is 19.0 Å². The summed E-state index contributed by atoms with van der Waals surface area (Å²) in [4.78, 5) is 26.8. The zero-order valence-corrected chi connectivity index (χ0v) is 20.1. The second-order valence-electron chi connectivity index (χ2n) is 8.92. The van der Waals surface area contributed by atoms with Crippen LogP contribution in [0.5, 0.6) is 0 Å². The molecule has 0 atom stereocenters. The van der Waals surface area contributed by atoms with Gasteiger partial charge in [-0.1, -0.05) is 37.3 Å². The van der Waals surface area contributed by atoms with Gasteiger partial charge in [-0.05, 0) is 43.2 Å². The number of fused-ring (bicyclic) bond motifs is 1. The third-order valence-corrected chi connectivity index (χ3v) is 6.40. The highest BCUT2D eigenvalue weighted by molar-refractivity contribution is 5.91. The van der Waals surface area contributed by atoms with Crippen LogP contribution in [0.25, 0.3) is 16.7 Å². The van der Waals surface area contributed by atoms with Gasteiger partial charge in [0.15, 0.2) is 5.65 Å². The molecule has 35 heavy (non-hydrogen) atoms. The van der Waals surface area contributed by atoms with Crippen molar-refractivity contribution in [2.24, 2.45) is 0 Å². The Bertz CT molecular complexity index is 1330. The molecule has 0 unspecified atom stereocenters. The minimum atomic E-state index is -0.288. The molecular weight excluding hydrogens is 443 g/mol. The molecule has 3 heterocycles. The predicted octanol–water partition coefficient (Wildman–Crippen LogP) is 4.11. The van der Waals surface area contributed by atoms with Crippen molar-refractivity contribution in [3.8, 4) is 5.69 Å². The fraction of sp³-hybridized carbons (Fsp3) is 0.333. The lowest BCUT2D eigenvalue weighted by atomic mass is 10.1. The van der Waals surface area contributed by atoms with Crippen LogP contribution in [0.3, 0.4) is 0 Å². The Morgan fingerprint density at radius 1 is 0.971 bits per heavy atom. The summed E-state index contributed by atoms with van der Waals surface area (Å²) >= 11 is 0. The van der Waals surface area contributed by atoms with Crippen LogP contribution >= 0.6 is 0 Å². The highest BCUT2D eigenvalue weighted by atomic mass is 19.1. The SMILES string of the molecule is CCCc1nc(N2CCN(C(=O)Cc3ccccc3)CC2)c2c(C)nn(-c3ccc(F)cc3)c2n1. The van der Waals surface area contributed by atoms with E-state index in [1.54, 1.807) is 16.8 Å². The smallest absolute Gasteiger partial charge is 0.227 e. The Hall–Kier alpha value is -3.81. The zero-order valence-electron chi connectivity index (χ0n) is 20.1. The van der Waals surface area contributed by atoms with E-state index in [9.17, 15) is 9.18 Å². The first-order valence-electron chi connectivity index (χ1n) is 12.1.